The molecule has 0 aromatic heterocycles. The lowest BCUT2D eigenvalue weighted by Gasteiger charge is -2.27. The molecular formula is C25H25F2N3O3. The van der Waals surface area contributed by atoms with E-state index < -0.39 is 12.2 Å². The van der Waals surface area contributed by atoms with Crippen LogP contribution in [0.15, 0.2) is 47.5 Å². The van der Waals surface area contributed by atoms with Gasteiger partial charge in [-0.25, -0.2) is 4.99 Å². The van der Waals surface area contributed by atoms with Crippen molar-refractivity contribution in [3.8, 4) is 17.6 Å². The molecule has 1 heterocycles. The standard InChI is InChI=1S/C25H25F2N3O3/c1-30-22(32)25(29-24(30)28,18-8-5-7-16(14-18)6-3-2-4-13-31)19-11-12-21(33-23(26)27)20(15-19)17-9-10-17/h5,7-8,11-12,14-15,17,23,31H,2,4,9-10,13H2,1H3,(H2,28,29)/t25-/m1/s1. The topological polar surface area (TPSA) is 88.2 Å². The SMILES string of the molecule is CN1C(=O)[C@@](c2cccc(C#CCCCO)c2)(c2ccc(OC(F)F)c(C3CC3)c2)N=C1N. The number of halogens is 2. The van der Waals surface area contributed by atoms with Crippen LogP contribution in [-0.4, -0.2) is 42.1 Å². The molecule has 0 unspecified atom stereocenters. The number of amides is 1. The molecule has 0 spiro atoms. The van der Waals surface area contributed by atoms with E-state index in [1.165, 1.54) is 11.0 Å². The average molecular weight is 453 g/mol. The first-order valence-corrected chi connectivity index (χ1v) is 10.8. The minimum Gasteiger partial charge on any atom is -0.435 e. The normalized spacial score (nSPS) is 20.0. The number of aliphatic imine (C=N–C) groups is 1. The summed E-state index contributed by atoms with van der Waals surface area (Å²) in [6.45, 7) is -2.86. The number of alkyl halides is 2. The van der Waals surface area contributed by atoms with Crippen molar-refractivity contribution in [1.29, 1.82) is 0 Å². The number of nitrogens with zero attached hydrogens (tertiary/aromatic N) is 2. The van der Waals surface area contributed by atoms with Crippen LogP contribution in [0.25, 0.3) is 0 Å². The van der Waals surface area contributed by atoms with Gasteiger partial charge in [0, 0.05) is 25.6 Å². The van der Waals surface area contributed by atoms with E-state index in [1.807, 2.05) is 6.07 Å². The number of aliphatic hydroxyl groups excluding tert-OH is 1. The maximum Gasteiger partial charge on any atom is 0.387 e. The van der Waals surface area contributed by atoms with Crippen LogP contribution < -0.4 is 10.5 Å². The molecule has 1 aliphatic heterocycles. The summed E-state index contributed by atoms with van der Waals surface area (Å²) >= 11 is 0. The van der Waals surface area contributed by atoms with Crippen LogP contribution in [0.4, 0.5) is 8.78 Å². The molecule has 0 bridgehead atoms. The average Bonchev–Trinajstić information content (AvgIpc) is 3.61. The molecule has 2 aliphatic rings. The van der Waals surface area contributed by atoms with E-state index in [0.29, 0.717) is 35.1 Å². The van der Waals surface area contributed by atoms with Crippen LogP contribution in [0.2, 0.25) is 0 Å². The summed E-state index contributed by atoms with van der Waals surface area (Å²) in [6.07, 6.45) is 2.87. The van der Waals surface area contributed by atoms with Crippen molar-refractivity contribution in [2.45, 2.75) is 43.8 Å². The summed E-state index contributed by atoms with van der Waals surface area (Å²) in [5.74, 6) is 6.01. The van der Waals surface area contributed by atoms with Gasteiger partial charge in [-0.3, -0.25) is 9.69 Å². The molecule has 0 radical (unpaired) electrons. The van der Waals surface area contributed by atoms with Gasteiger partial charge in [0.2, 0.25) is 0 Å². The highest BCUT2D eigenvalue weighted by Gasteiger charge is 2.50. The molecule has 1 fully saturated rings. The number of carbonyl (C=O) groups is 1. The van der Waals surface area contributed by atoms with Crippen LogP contribution in [0.5, 0.6) is 5.75 Å². The van der Waals surface area contributed by atoms with Crippen molar-refractivity contribution in [3.63, 3.8) is 0 Å². The lowest BCUT2D eigenvalue weighted by molar-refractivity contribution is -0.129. The zero-order chi connectivity index (χ0) is 23.6. The lowest BCUT2D eigenvalue weighted by Crippen LogP contribution is -2.41. The van der Waals surface area contributed by atoms with Crippen LogP contribution in [0, 0.1) is 11.8 Å². The molecule has 1 saturated carbocycles. The monoisotopic (exact) mass is 453 g/mol. The van der Waals surface area contributed by atoms with E-state index in [2.05, 4.69) is 16.8 Å². The number of rotatable bonds is 7. The number of hydrogen-bond donors (Lipinski definition) is 2. The Morgan fingerprint density at radius 2 is 2.03 bits per heavy atom. The minimum atomic E-state index is -2.93. The molecule has 3 N–H and O–H groups in total. The van der Waals surface area contributed by atoms with Crippen LogP contribution >= 0.6 is 0 Å². The number of benzene rings is 2. The third-order valence-corrected chi connectivity index (χ3v) is 5.87. The number of hydrogen-bond acceptors (Lipinski definition) is 5. The van der Waals surface area contributed by atoms with Gasteiger partial charge in [0.05, 0.1) is 0 Å². The number of guanidine groups is 1. The molecule has 172 valence electrons. The molecule has 4 rings (SSSR count). The van der Waals surface area contributed by atoms with E-state index in [9.17, 15) is 13.6 Å². The fourth-order valence-corrected chi connectivity index (χ4v) is 4.03. The number of nitrogens with two attached hydrogens (primary N) is 1. The molecule has 1 amide bonds. The Labute approximate surface area is 191 Å². The number of likely N-dealkylation sites (N-methyl/N-ethyl adjacent to an activating group) is 1. The number of carbonyl (C=O) groups excluding carboxylic acids is 1. The summed E-state index contributed by atoms with van der Waals surface area (Å²) in [5, 5.41) is 8.94. The van der Waals surface area contributed by atoms with Gasteiger partial charge in [0.15, 0.2) is 11.5 Å². The maximum absolute atomic E-state index is 13.5. The van der Waals surface area contributed by atoms with Crippen LogP contribution in [0.1, 0.15) is 53.9 Å². The second-order valence-corrected chi connectivity index (χ2v) is 8.16. The molecule has 1 atom stereocenters. The zero-order valence-corrected chi connectivity index (χ0v) is 18.2. The van der Waals surface area contributed by atoms with Crippen molar-refractivity contribution in [2.24, 2.45) is 10.7 Å². The van der Waals surface area contributed by atoms with Crippen molar-refractivity contribution in [3.05, 3.63) is 64.7 Å². The number of aliphatic hydroxyl groups is 1. The van der Waals surface area contributed by atoms with Gasteiger partial charge in [0.25, 0.3) is 5.91 Å². The highest BCUT2D eigenvalue weighted by atomic mass is 19.3. The quantitative estimate of drug-likeness (QED) is 0.497. The Kier molecular flexibility index (Phi) is 6.34. The zero-order valence-electron chi connectivity index (χ0n) is 18.2. The molecule has 1 aliphatic carbocycles. The summed E-state index contributed by atoms with van der Waals surface area (Å²) in [4.78, 5) is 19.4. The minimum absolute atomic E-state index is 0.0697. The molecule has 2 aromatic rings. The third kappa shape index (κ3) is 4.41. The predicted octanol–water partition coefficient (Wildman–Crippen LogP) is 3.32. The van der Waals surface area contributed by atoms with E-state index >= 15 is 0 Å². The van der Waals surface area contributed by atoms with Gasteiger partial charge < -0.3 is 15.6 Å². The van der Waals surface area contributed by atoms with Gasteiger partial charge in [-0.2, -0.15) is 8.78 Å². The largest absolute Gasteiger partial charge is 0.435 e. The Balaban J connectivity index is 1.83. The Bertz CT molecular complexity index is 1150. The van der Waals surface area contributed by atoms with Crippen molar-refractivity contribution >= 4 is 11.9 Å². The number of unbranched alkanes of at least 4 members (excludes halogenated alkanes) is 1. The van der Waals surface area contributed by atoms with E-state index in [4.69, 9.17) is 15.6 Å². The maximum atomic E-state index is 13.5. The second kappa shape index (κ2) is 9.20. The van der Waals surface area contributed by atoms with Gasteiger partial charge in [-0.05, 0) is 66.1 Å². The van der Waals surface area contributed by atoms with Gasteiger partial charge in [0.1, 0.15) is 5.75 Å². The lowest BCUT2D eigenvalue weighted by atomic mass is 9.81. The second-order valence-electron chi connectivity index (χ2n) is 8.16. The summed E-state index contributed by atoms with van der Waals surface area (Å²) < 4.78 is 30.6. The first-order chi connectivity index (χ1) is 15.9. The molecule has 2 aromatic carbocycles. The Hall–Kier alpha value is -3.44. The van der Waals surface area contributed by atoms with Crippen LogP contribution in [0.3, 0.4) is 0 Å². The molecule has 8 heteroatoms. The Morgan fingerprint density at radius 3 is 2.67 bits per heavy atom. The summed E-state index contributed by atoms with van der Waals surface area (Å²) in [7, 11) is 1.55. The van der Waals surface area contributed by atoms with Gasteiger partial charge >= 0.3 is 6.61 Å². The fraction of sp³-hybridized carbons (Fsp3) is 0.360. The molecular weight excluding hydrogens is 428 g/mol. The smallest absolute Gasteiger partial charge is 0.387 e. The number of ether oxygens (including phenoxy) is 1. The third-order valence-electron chi connectivity index (χ3n) is 5.87. The van der Waals surface area contributed by atoms with E-state index in [0.717, 1.165) is 12.8 Å². The first kappa shape index (κ1) is 22.7. The highest BCUT2D eigenvalue weighted by Crippen LogP contribution is 2.48. The molecule has 0 saturated heterocycles. The fourth-order valence-electron chi connectivity index (χ4n) is 4.03. The van der Waals surface area contributed by atoms with Crippen molar-refractivity contribution in [2.75, 3.05) is 13.7 Å². The van der Waals surface area contributed by atoms with E-state index in [1.54, 1.807) is 37.4 Å². The van der Waals surface area contributed by atoms with E-state index in [-0.39, 0.29) is 30.1 Å². The van der Waals surface area contributed by atoms with Crippen molar-refractivity contribution < 1.29 is 23.4 Å². The van der Waals surface area contributed by atoms with Gasteiger partial charge in [-0.15, -0.1) is 0 Å². The van der Waals surface area contributed by atoms with Crippen molar-refractivity contribution in [1.82, 2.24) is 4.90 Å². The summed E-state index contributed by atoms with van der Waals surface area (Å²) in [6, 6.07) is 12.0. The van der Waals surface area contributed by atoms with Crippen LogP contribution in [-0.2, 0) is 10.3 Å². The Morgan fingerprint density at radius 1 is 1.27 bits per heavy atom. The molecule has 33 heavy (non-hydrogen) atoms. The first-order valence-electron chi connectivity index (χ1n) is 10.8. The van der Waals surface area contributed by atoms with Gasteiger partial charge in [-0.1, -0.05) is 30.0 Å². The predicted molar refractivity (Wildman–Crippen MR) is 120 cm³/mol. The molecule has 6 nitrogen and oxygen atoms in total. The summed E-state index contributed by atoms with van der Waals surface area (Å²) in [5.41, 5.74) is 7.06. The highest BCUT2D eigenvalue weighted by molar-refractivity contribution is 6.09.